The lowest BCUT2D eigenvalue weighted by Gasteiger charge is -2.35. The minimum absolute atomic E-state index is 0.334. The van der Waals surface area contributed by atoms with Gasteiger partial charge in [0, 0.05) is 39.3 Å². The molecule has 1 aromatic rings. The van der Waals surface area contributed by atoms with E-state index in [1.54, 1.807) is 16.4 Å². The van der Waals surface area contributed by atoms with Crippen molar-refractivity contribution in [2.45, 2.75) is 30.8 Å². The summed E-state index contributed by atoms with van der Waals surface area (Å²) < 4.78 is 32.5. The van der Waals surface area contributed by atoms with Crippen molar-refractivity contribution in [3.05, 3.63) is 29.8 Å². The summed E-state index contributed by atoms with van der Waals surface area (Å²) >= 11 is 0. The Morgan fingerprint density at radius 2 is 1.82 bits per heavy atom. The van der Waals surface area contributed by atoms with Crippen molar-refractivity contribution in [1.29, 1.82) is 0 Å². The van der Waals surface area contributed by atoms with E-state index in [2.05, 4.69) is 4.90 Å². The molecule has 122 valence electrons. The molecule has 0 radical (unpaired) electrons. The molecule has 2 heterocycles. The first-order chi connectivity index (χ1) is 10.6. The monoisotopic (exact) mass is 324 g/mol. The fourth-order valence-electron chi connectivity index (χ4n) is 3.09. The largest absolute Gasteiger partial charge is 0.377 e. The highest BCUT2D eigenvalue weighted by Gasteiger charge is 2.29. The van der Waals surface area contributed by atoms with Gasteiger partial charge < -0.3 is 4.74 Å². The molecule has 2 aliphatic rings. The summed E-state index contributed by atoms with van der Waals surface area (Å²) in [5.41, 5.74) is 1.07. The van der Waals surface area contributed by atoms with Crippen LogP contribution in [0.15, 0.2) is 29.2 Å². The Balaban J connectivity index is 1.59. The maximum Gasteiger partial charge on any atom is 0.243 e. The lowest BCUT2D eigenvalue weighted by atomic mass is 10.2. The molecular weight excluding hydrogens is 300 g/mol. The first kappa shape index (κ1) is 15.9. The molecule has 2 fully saturated rings. The molecule has 0 saturated carbocycles. The highest BCUT2D eigenvalue weighted by molar-refractivity contribution is 7.89. The van der Waals surface area contributed by atoms with E-state index in [-0.39, 0.29) is 0 Å². The zero-order valence-corrected chi connectivity index (χ0v) is 13.9. The molecule has 1 aromatic carbocycles. The van der Waals surface area contributed by atoms with Gasteiger partial charge in [-0.2, -0.15) is 4.31 Å². The van der Waals surface area contributed by atoms with E-state index >= 15 is 0 Å². The Morgan fingerprint density at radius 3 is 2.41 bits per heavy atom. The summed E-state index contributed by atoms with van der Waals surface area (Å²) in [7, 11) is -3.35. The van der Waals surface area contributed by atoms with Gasteiger partial charge in [0.2, 0.25) is 10.0 Å². The standard InChI is InChI=1S/C16H24N2O3S/c1-14-4-6-16(7-5-14)22(19,20)18-10-8-17(9-11-18)13-15-3-2-12-21-15/h4-7,15H,2-3,8-13H2,1H3/t15-/m1/s1. The van der Waals surface area contributed by atoms with Crippen LogP contribution < -0.4 is 0 Å². The van der Waals surface area contributed by atoms with Crippen LogP contribution >= 0.6 is 0 Å². The highest BCUT2D eigenvalue weighted by Crippen LogP contribution is 2.19. The van der Waals surface area contributed by atoms with Gasteiger partial charge in [0.1, 0.15) is 0 Å². The molecule has 1 atom stereocenters. The zero-order valence-electron chi connectivity index (χ0n) is 13.1. The van der Waals surface area contributed by atoms with Crippen LogP contribution in [0.4, 0.5) is 0 Å². The number of hydrogen-bond donors (Lipinski definition) is 0. The second-order valence-electron chi connectivity index (χ2n) is 6.15. The topological polar surface area (TPSA) is 49.9 Å². The summed E-state index contributed by atoms with van der Waals surface area (Å²) in [5.74, 6) is 0. The number of nitrogens with zero attached hydrogens (tertiary/aromatic N) is 2. The summed E-state index contributed by atoms with van der Waals surface area (Å²) in [5, 5.41) is 0. The van der Waals surface area contributed by atoms with Gasteiger partial charge in [-0.25, -0.2) is 8.42 Å². The van der Waals surface area contributed by atoms with Crippen molar-refractivity contribution in [2.75, 3.05) is 39.3 Å². The van der Waals surface area contributed by atoms with E-state index in [0.29, 0.717) is 24.1 Å². The van der Waals surface area contributed by atoms with Crippen LogP contribution in [0.5, 0.6) is 0 Å². The molecule has 2 aliphatic heterocycles. The zero-order chi connectivity index (χ0) is 15.6. The van der Waals surface area contributed by atoms with Crippen molar-refractivity contribution in [1.82, 2.24) is 9.21 Å². The second kappa shape index (κ2) is 6.66. The van der Waals surface area contributed by atoms with E-state index in [9.17, 15) is 8.42 Å². The number of ether oxygens (including phenoxy) is 1. The molecule has 0 unspecified atom stereocenters. The van der Waals surface area contributed by atoms with Crippen molar-refractivity contribution in [2.24, 2.45) is 0 Å². The van der Waals surface area contributed by atoms with Gasteiger partial charge in [0.05, 0.1) is 11.0 Å². The third-order valence-corrected chi connectivity index (χ3v) is 6.39. The maximum absolute atomic E-state index is 12.6. The molecular formula is C16H24N2O3S. The molecule has 0 aliphatic carbocycles. The Morgan fingerprint density at radius 1 is 1.14 bits per heavy atom. The molecule has 0 spiro atoms. The lowest BCUT2D eigenvalue weighted by Crippen LogP contribution is -2.50. The van der Waals surface area contributed by atoms with Crippen molar-refractivity contribution < 1.29 is 13.2 Å². The summed E-state index contributed by atoms with van der Waals surface area (Å²) in [4.78, 5) is 2.71. The number of piperazine rings is 1. The molecule has 0 amide bonds. The fraction of sp³-hybridized carbons (Fsp3) is 0.625. The van der Waals surface area contributed by atoms with Gasteiger partial charge in [0.15, 0.2) is 0 Å². The van der Waals surface area contributed by atoms with E-state index in [4.69, 9.17) is 4.74 Å². The van der Waals surface area contributed by atoms with Crippen LogP contribution in [0.2, 0.25) is 0 Å². The summed E-state index contributed by atoms with van der Waals surface area (Å²) in [6, 6.07) is 7.09. The predicted molar refractivity (Wildman–Crippen MR) is 85.4 cm³/mol. The Hall–Kier alpha value is -0.950. The van der Waals surface area contributed by atoms with Crippen molar-refractivity contribution in [3.8, 4) is 0 Å². The van der Waals surface area contributed by atoms with Gasteiger partial charge >= 0.3 is 0 Å². The van der Waals surface area contributed by atoms with Crippen LogP contribution in [0.3, 0.4) is 0 Å². The first-order valence-corrected chi connectivity index (χ1v) is 9.40. The number of aryl methyl sites for hydroxylation is 1. The van der Waals surface area contributed by atoms with E-state index in [1.807, 2.05) is 19.1 Å². The van der Waals surface area contributed by atoms with Crippen LogP contribution in [0, 0.1) is 6.92 Å². The highest BCUT2D eigenvalue weighted by atomic mass is 32.2. The molecule has 2 saturated heterocycles. The van der Waals surface area contributed by atoms with Crippen LogP contribution in [-0.2, 0) is 14.8 Å². The molecule has 0 aromatic heterocycles. The maximum atomic E-state index is 12.6. The normalized spacial score (nSPS) is 24.7. The molecule has 6 heteroatoms. The Bertz CT molecular complexity index is 586. The van der Waals surface area contributed by atoms with Crippen LogP contribution in [0.25, 0.3) is 0 Å². The quantitative estimate of drug-likeness (QED) is 0.842. The Kier molecular flexibility index (Phi) is 4.82. The average Bonchev–Trinajstić information content (AvgIpc) is 3.01. The van der Waals surface area contributed by atoms with Crippen LogP contribution in [0.1, 0.15) is 18.4 Å². The molecule has 5 nitrogen and oxygen atoms in total. The molecule has 0 N–H and O–H groups in total. The van der Waals surface area contributed by atoms with Gasteiger partial charge in [-0.05, 0) is 31.9 Å². The first-order valence-electron chi connectivity index (χ1n) is 7.96. The molecule has 0 bridgehead atoms. The lowest BCUT2D eigenvalue weighted by molar-refractivity contribution is 0.0617. The Labute approximate surface area is 132 Å². The molecule has 22 heavy (non-hydrogen) atoms. The van der Waals surface area contributed by atoms with Gasteiger partial charge in [-0.1, -0.05) is 17.7 Å². The van der Waals surface area contributed by atoms with Crippen molar-refractivity contribution >= 4 is 10.0 Å². The van der Waals surface area contributed by atoms with Gasteiger partial charge in [-0.15, -0.1) is 0 Å². The van der Waals surface area contributed by atoms with Gasteiger partial charge in [0.25, 0.3) is 0 Å². The smallest absolute Gasteiger partial charge is 0.243 e. The minimum Gasteiger partial charge on any atom is -0.377 e. The van der Waals surface area contributed by atoms with Gasteiger partial charge in [-0.3, -0.25) is 4.90 Å². The number of hydrogen-bond acceptors (Lipinski definition) is 4. The van der Waals surface area contributed by atoms with E-state index in [1.165, 1.54) is 0 Å². The van der Waals surface area contributed by atoms with Crippen LogP contribution in [-0.4, -0.2) is 63.1 Å². The predicted octanol–water partition coefficient (Wildman–Crippen LogP) is 1.48. The van der Waals surface area contributed by atoms with Crippen molar-refractivity contribution in [3.63, 3.8) is 0 Å². The third kappa shape index (κ3) is 3.51. The SMILES string of the molecule is Cc1ccc(S(=O)(=O)N2CCN(C[C@H]3CCCO3)CC2)cc1. The average molecular weight is 324 g/mol. The minimum atomic E-state index is -3.35. The van der Waals surface area contributed by atoms with E-state index < -0.39 is 10.0 Å². The summed E-state index contributed by atoms with van der Waals surface area (Å²) in [6.45, 7) is 6.44. The van der Waals surface area contributed by atoms with E-state index in [0.717, 1.165) is 44.6 Å². The number of rotatable bonds is 4. The third-order valence-electron chi connectivity index (χ3n) is 4.48. The molecule has 3 rings (SSSR count). The summed E-state index contributed by atoms with van der Waals surface area (Å²) in [6.07, 6.45) is 2.61. The second-order valence-corrected chi connectivity index (χ2v) is 8.09. The number of sulfonamides is 1. The number of benzene rings is 1. The fourth-order valence-corrected chi connectivity index (χ4v) is 4.51.